The van der Waals surface area contributed by atoms with Crippen molar-refractivity contribution in [2.24, 2.45) is 0 Å². The van der Waals surface area contributed by atoms with E-state index in [-0.39, 0.29) is 6.04 Å². The van der Waals surface area contributed by atoms with Crippen molar-refractivity contribution in [1.29, 1.82) is 0 Å². The van der Waals surface area contributed by atoms with Gasteiger partial charge in [0.25, 0.3) is 0 Å². The maximum atomic E-state index is 4.40. The van der Waals surface area contributed by atoms with Crippen LogP contribution in [0, 0.1) is 6.92 Å². The second-order valence-corrected chi connectivity index (χ2v) is 4.76. The monoisotopic (exact) mass is 254 g/mol. The van der Waals surface area contributed by atoms with Crippen LogP contribution in [0.4, 0.5) is 0 Å². The predicted octanol–water partition coefficient (Wildman–Crippen LogP) is 3.65. The van der Waals surface area contributed by atoms with Crippen molar-refractivity contribution < 1.29 is 0 Å². The number of hydrogen-bond donors (Lipinski definition) is 1. The highest BCUT2D eigenvalue weighted by Gasteiger charge is 2.15. The molecule has 19 heavy (non-hydrogen) atoms. The molecule has 1 aromatic carbocycles. The second-order valence-electron chi connectivity index (χ2n) is 4.76. The van der Waals surface area contributed by atoms with Crippen LogP contribution in [-0.2, 0) is 6.42 Å². The van der Waals surface area contributed by atoms with Gasteiger partial charge < -0.3 is 5.32 Å². The molecule has 0 aliphatic rings. The highest BCUT2D eigenvalue weighted by molar-refractivity contribution is 5.35. The Morgan fingerprint density at radius 1 is 1.11 bits per heavy atom. The molecule has 0 saturated carbocycles. The maximum absolute atomic E-state index is 4.40. The van der Waals surface area contributed by atoms with E-state index in [1.807, 2.05) is 12.3 Å². The fraction of sp³-hybridized carbons (Fsp3) is 0.353. The summed E-state index contributed by atoms with van der Waals surface area (Å²) >= 11 is 0. The molecule has 2 aromatic rings. The Morgan fingerprint density at radius 2 is 1.84 bits per heavy atom. The summed E-state index contributed by atoms with van der Waals surface area (Å²) < 4.78 is 0. The van der Waals surface area contributed by atoms with E-state index in [9.17, 15) is 0 Å². The fourth-order valence-electron chi connectivity index (χ4n) is 2.36. The minimum absolute atomic E-state index is 0.226. The van der Waals surface area contributed by atoms with Crippen LogP contribution < -0.4 is 5.32 Å². The van der Waals surface area contributed by atoms with Crippen LogP contribution in [0.3, 0.4) is 0 Å². The van der Waals surface area contributed by atoms with Gasteiger partial charge in [-0.2, -0.15) is 0 Å². The Morgan fingerprint density at radius 3 is 2.42 bits per heavy atom. The molecule has 0 aliphatic carbocycles. The summed E-state index contributed by atoms with van der Waals surface area (Å²) in [7, 11) is 0. The first-order valence-corrected chi connectivity index (χ1v) is 7.00. The van der Waals surface area contributed by atoms with E-state index in [0.29, 0.717) is 0 Å². The zero-order valence-electron chi connectivity index (χ0n) is 12.0. The first kappa shape index (κ1) is 13.8. The van der Waals surface area contributed by atoms with Gasteiger partial charge in [-0.05, 0) is 42.6 Å². The summed E-state index contributed by atoms with van der Waals surface area (Å²) in [5.41, 5.74) is 5.03. The molecular weight excluding hydrogens is 232 g/mol. The number of aromatic nitrogens is 1. The lowest BCUT2D eigenvalue weighted by Gasteiger charge is -2.20. The molecule has 0 saturated heterocycles. The molecule has 1 atom stereocenters. The van der Waals surface area contributed by atoms with Crippen LogP contribution in [0.2, 0.25) is 0 Å². The summed E-state index contributed by atoms with van der Waals surface area (Å²) in [4.78, 5) is 4.40. The average Bonchev–Trinajstić information content (AvgIpc) is 2.46. The summed E-state index contributed by atoms with van der Waals surface area (Å²) in [5.74, 6) is 0. The van der Waals surface area contributed by atoms with Gasteiger partial charge in [0.15, 0.2) is 0 Å². The second kappa shape index (κ2) is 6.48. The molecule has 0 spiro atoms. The molecule has 2 rings (SSSR count). The van der Waals surface area contributed by atoms with Gasteiger partial charge in [-0.3, -0.25) is 4.98 Å². The highest BCUT2D eigenvalue weighted by Crippen LogP contribution is 2.24. The quantitative estimate of drug-likeness (QED) is 0.881. The number of nitrogens with zero attached hydrogens (tertiary/aromatic N) is 1. The van der Waals surface area contributed by atoms with Crippen molar-refractivity contribution in [3.05, 3.63) is 65.0 Å². The van der Waals surface area contributed by atoms with Gasteiger partial charge in [0.2, 0.25) is 0 Å². The maximum Gasteiger partial charge on any atom is 0.0594 e. The lowest BCUT2D eigenvalue weighted by atomic mass is 9.96. The van der Waals surface area contributed by atoms with Gasteiger partial charge >= 0.3 is 0 Å². The normalized spacial score (nSPS) is 12.4. The van der Waals surface area contributed by atoms with E-state index in [0.717, 1.165) is 18.7 Å². The Balaban J connectivity index is 2.36. The summed E-state index contributed by atoms with van der Waals surface area (Å²) in [5, 5.41) is 3.55. The Bertz CT molecular complexity index is 517. The first-order chi connectivity index (χ1) is 9.26. The van der Waals surface area contributed by atoms with Crippen LogP contribution in [0.1, 0.15) is 42.3 Å². The van der Waals surface area contributed by atoms with E-state index in [2.05, 4.69) is 61.4 Å². The summed E-state index contributed by atoms with van der Waals surface area (Å²) in [6, 6.07) is 13.3. The van der Waals surface area contributed by atoms with E-state index < -0.39 is 0 Å². The number of nitrogens with one attached hydrogen (secondary N) is 1. The fourth-order valence-corrected chi connectivity index (χ4v) is 2.36. The van der Waals surface area contributed by atoms with Gasteiger partial charge in [-0.1, -0.05) is 44.2 Å². The van der Waals surface area contributed by atoms with E-state index >= 15 is 0 Å². The topological polar surface area (TPSA) is 24.9 Å². The van der Waals surface area contributed by atoms with Gasteiger partial charge in [0.05, 0.1) is 6.04 Å². The van der Waals surface area contributed by atoms with E-state index in [1.54, 1.807) is 0 Å². The predicted molar refractivity (Wildman–Crippen MR) is 80.3 cm³/mol. The third-order valence-corrected chi connectivity index (χ3v) is 3.49. The minimum atomic E-state index is 0.226. The first-order valence-electron chi connectivity index (χ1n) is 7.00. The molecule has 0 aliphatic heterocycles. The molecule has 1 N–H and O–H groups in total. The van der Waals surface area contributed by atoms with Gasteiger partial charge in [0.1, 0.15) is 0 Å². The van der Waals surface area contributed by atoms with E-state index in [4.69, 9.17) is 0 Å². The lowest BCUT2D eigenvalue weighted by Crippen LogP contribution is -2.23. The highest BCUT2D eigenvalue weighted by atomic mass is 14.9. The van der Waals surface area contributed by atoms with Gasteiger partial charge in [-0.15, -0.1) is 0 Å². The Hall–Kier alpha value is -1.67. The van der Waals surface area contributed by atoms with Crippen LogP contribution in [0.15, 0.2) is 42.6 Å². The zero-order valence-corrected chi connectivity index (χ0v) is 12.0. The van der Waals surface area contributed by atoms with Crippen molar-refractivity contribution >= 4 is 0 Å². The van der Waals surface area contributed by atoms with Crippen LogP contribution >= 0.6 is 0 Å². The smallest absolute Gasteiger partial charge is 0.0594 e. The molecule has 2 nitrogen and oxygen atoms in total. The minimum Gasteiger partial charge on any atom is -0.306 e. The van der Waals surface area contributed by atoms with Crippen molar-refractivity contribution in [1.82, 2.24) is 10.3 Å². The molecule has 1 heterocycles. The molecule has 0 radical (unpaired) electrons. The van der Waals surface area contributed by atoms with Gasteiger partial charge in [0, 0.05) is 11.9 Å². The number of aryl methyl sites for hydroxylation is 2. The number of hydrogen-bond acceptors (Lipinski definition) is 2. The molecule has 2 heteroatoms. The van der Waals surface area contributed by atoms with E-state index in [1.165, 1.54) is 16.7 Å². The molecule has 0 fully saturated rings. The van der Waals surface area contributed by atoms with Crippen molar-refractivity contribution in [2.75, 3.05) is 6.54 Å². The Labute approximate surface area is 115 Å². The van der Waals surface area contributed by atoms with Crippen LogP contribution in [0.25, 0.3) is 0 Å². The largest absolute Gasteiger partial charge is 0.306 e. The number of benzene rings is 1. The van der Waals surface area contributed by atoms with Crippen molar-refractivity contribution in [2.45, 2.75) is 33.2 Å². The molecule has 0 amide bonds. The van der Waals surface area contributed by atoms with Crippen molar-refractivity contribution in [3.63, 3.8) is 0 Å². The third-order valence-electron chi connectivity index (χ3n) is 3.49. The third kappa shape index (κ3) is 3.21. The number of pyridine rings is 1. The molecule has 0 bridgehead atoms. The zero-order chi connectivity index (χ0) is 13.7. The lowest BCUT2D eigenvalue weighted by molar-refractivity contribution is 0.624. The standard InChI is InChI=1S/C17H22N2/c1-4-14-8-10-15(11-9-14)17(18-5-2)16-7-6-12-19-13(16)3/h6-12,17-18H,4-5H2,1-3H3. The Kier molecular flexibility index (Phi) is 4.69. The van der Waals surface area contributed by atoms with Crippen molar-refractivity contribution in [3.8, 4) is 0 Å². The molecule has 1 unspecified atom stereocenters. The molecular formula is C17H22N2. The SMILES string of the molecule is CCNC(c1ccc(CC)cc1)c1cccnc1C. The van der Waals surface area contributed by atoms with Gasteiger partial charge in [-0.25, -0.2) is 0 Å². The van der Waals surface area contributed by atoms with Crippen LogP contribution in [0.5, 0.6) is 0 Å². The summed E-state index contributed by atoms with van der Waals surface area (Å²) in [6.07, 6.45) is 2.93. The van der Waals surface area contributed by atoms with Crippen LogP contribution in [-0.4, -0.2) is 11.5 Å². The molecule has 1 aromatic heterocycles. The molecule has 100 valence electrons. The average molecular weight is 254 g/mol. The summed E-state index contributed by atoms with van der Waals surface area (Å²) in [6.45, 7) is 7.33. The number of rotatable bonds is 5.